The van der Waals surface area contributed by atoms with Crippen LogP contribution >= 0.6 is 0 Å². The normalized spacial score (nSPS) is 20.6. The molecule has 16 heavy (non-hydrogen) atoms. The summed E-state index contributed by atoms with van der Waals surface area (Å²) < 4.78 is 12.0. The minimum atomic E-state index is -0.354. The highest BCUT2D eigenvalue weighted by Crippen LogP contribution is 2.43. The fourth-order valence-electron chi connectivity index (χ4n) is 1.64. The molecule has 0 aliphatic carbocycles. The van der Waals surface area contributed by atoms with E-state index in [9.17, 15) is 0 Å². The predicted molar refractivity (Wildman–Crippen MR) is 63.7 cm³/mol. The van der Waals surface area contributed by atoms with Crippen molar-refractivity contribution in [3.63, 3.8) is 0 Å². The van der Waals surface area contributed by atoms with Gasteiger partial charge < -0.3 is 15.2 Å². The van der Waals surface area contributed by atoms with Crippen molar-refractivity contribution in [2.45, 2.75) is 45.4 Å². The maximum Gasteiger partial charge on any atom is 0.162 e. The van der Waals surface area contributed by atoms with Crippen molar-refractivity contribution in [1.29, 1.82) is 0 Å². The number of hydrogen-bond donors (Lipinski definition) is 1. The lowest BCUT2D eigenvalue weighted by atomic mass is 9.88. The van der Waals surface area contributed by atoms with Crippen LogP contribution in [0.5, 0.6) is 11.5 Å². The second-order valence-electron chi connectivity index (χ2n) is 5.21. The monoisotopic (exact) mass is 221 g/mol. The van der Waals surface area contributed by atoms with E-state index in [0.29, 0.717) is 6.54 Å². The number of rotatable bonds is 1. The number of nitrogens with two attached hydrogens (primary N) is 1. The molecule has 3 heteroatoms. The molecular weight excluding hydrogens is 202 g/mol. The van der Waals surface area contributed by atoms with E-state index in [2.05, 4.69) is 0 Å². The summed E-state index contributed by atoms with van der Waals surface area (Å²) in [4.78, 5) is 0. The van der Waals surface area contributed by atoms with Gasteiger partial charge in [-0.05, 0) is 45.4 Å². The molecule has 1 aromatic carbocycles. The summed E-state index contributed by atoms with van der Waals surface area (Å²) >= 11 is 0. The molecule has 1 aliphatic heterocycles. The lowest BCUT2D eigenvalue weighted by Crippen LogP contribution is -2.56. The van der Waals surface area contributed by atoms with Gasteiger partial charge in [0.05, 0.1) is 0 Å². The average molecular weight is 221 g/mol. The van der Waals surface area contributed by atoms with Crippen LogP contribution in [-0.4, -0.2) is 11.2 Å². The smallest absolute Gasteiger partial charge is 0.162 e. The first-order valence-electron chi connectivity index (χ1n) is 5.57. The van der Waals surface area contributed by atoms with Gasteiger partial charge >= 0.3 is 0 Å². The van der Waals surface area contributed by atoms with Crippen molar-refractivity contribution in [2.75, 3.05) is 0 Å². The van der Waals surface area contributed by atoms with E-state index in [-0.39, 0.29) is 11.2 Å². The molecule has 3 nitrogen and oxygen atoms in total. The van der Waals surface area contributed by atoms with Gasteiger partial charge in [-0.15, -0.1) is 0 Å². The van der Waals surface area contributed by atoms with Gasteiger partial charge in [0, 0.05) is 6.54 Å². The highest BCUT2D eigenvalue weighted by Gasteiger charge is 2.45. The fraction of sp³-hybridized carbons (Fsp3) is 0.538. The van der Waals surface area contributed by atoms with Crippen LogP contribution in [0.3, 0.4) is 0 Å². The van der Waals surface area contributed by atoms with Crippen LogP contribution in [0, 0.1) is 0 Å². The second kappa shape index (κ2) is 3.39. The first-order valence-corrected chi connectivity index (χ1v) is 5.57. The minimum absolute atomic E-state index is 0.343. The first kappa shape index (κ1) is 11.3. The fourth-order valence-corrected chi connectivity index (χ4v) is 1.64. The van der Waals surface area contributed by atoms with Gasteiger partial charge in [-0.25, -0.2) is 0 Å². The Morgan fingerprint density at radius 2 is 1.56 bits per heavy atom. The molecule has 0 fully saturated rings. The maximum atomic E-state index is 6.00. The van der Waals surface area contributed by atoms with Gasteiger partial charge in [-0.1, -0.05) is 6.07 Å². The lowest BCUT2D eigenvalue weighted by molar-refractivity contribution is -0.0991. The zero-order valence-electron chi connectivity index (χ0n) is 10.3. The van der Waals surface area contributed by atoms with Crippen molar-refractivity contribution in [3.8, 4) is 11.5 Å². The van der Waals surface area contributed by atoms with E-state index in [1.807, 2.05) is 45.9 Å². The van der Waals surface area contributed by atoms with Crippen LogP contribution in [0.25, 0.3) is 0 Å². The molecule has 0 spiro atoms. The molecule has 0 saturated carbocycles. The molecule has 0 aromatic heterocycles. The van der Waals surface area contributed by atoms with E-state index >= 15 is 0 Å². The quantitative estimate of drug-likeness (QED) is 0.792. The molecule has 0 radical (unpaired) electrons. The summed E-state index contributed by atoms with van der Waals surface area (Å²) in [7, 11) is 0. The van der Waals surface area contributed by atoms with Crippen LogP contribution in [0.4, 0.5) is 0 Å². The van der Waals surface area contributed by atoms with Crippen LogP contribution < -0.4 is 15.2 Å². The molecule has 1 aliphatic rings. The van der Waals surface area contributed by atoms with Crippen molar-refractivity contribution in [1.82, 2.24) is 0 Å². The van der Waals surface area contributed by atoms with E-state index < -0.39 is 0 Å². The topological polar surface area (TPSA) is 44.5 Å². The Morgan fingerprint density at radius 1 is 1.00 bits per heavy atom. The van der Waals surface area contributed by atoms with E-state index in [1.54, 1.807) is 0 Å². The van der Waals surface area contributed by atoms with Crippen LogP contribution in [0.1, 0.15) is 33.3 Å². The second-order valence-corrected chi connectivity index (χ2v) is 5.21. The highest BCUT2D eigenvalue weighted by molar-refractivity contribution is 5.45. The Morgan fingerprint density at radius 3 is 2.12 bits per heavy atom. The first-order chi connectivity index (χ1) is 7.36. The third kappa shape index (κ3) is 1.65. The summed E-state index contributed by atoms with van der Waals surface area (Å²) in [6.45, 7) is 8.65. The molecule has 2 N–H and O–H groups in total. The van der Waals surface area contributed by atoms with Gasteiger partial charge in [-0.3, -0.25) is 0 Å². The van der Waals surface area contributed by atoms with Gasteiger partial charge in [0.15, 0.2) is 11.5 Å². The molecule has 1 heterocycles. The standard InChI is InChI=1S/C13H19NO2/c1-12(2)13(3,4)16-11-7-9(8-14)5-6-10(11)15-12/h5-7H,8,14H2,1-4H3. The number of fused-ring (bicyclic) bond motifs is 1. The van der Waals surface area contributed by atoms with E-state index in [4.69, 9.17) is 15.2 Å². The third-order valence-corrected chi connectivity index (χ3v) is 3.42. The van der Waals surface area contributed by atoms with Crippen molar-refractivity contribution in [2.24, 2.45) is 5.73 Å². The SMILES string of the molecule is CC1(C)Oc2ccc(CN)cc2OC1(C)C. The Kier molecular flexibility index (Phi) is 2.39. The highest BCUT2D eigenvalue weighted by atomic mass is 16.6. The molecule has 88 valence electrons. The van der Waals surface area contributed by atoms with Crippen molar-refractivity contribution in [3.05, 3.63) is 23.8 Å². The molecule has 0 bridgehead atoms. The Bertz CT molecular complexity index is 410. The summed E-state index contributed by atoms with van der Waals surface area (Å²) in [5.41, 5.74) is 5.96. The van der Waals surface area contributed by atoms with Gasteiger partial charge in [0.25, 0.3) is 0 Å². The summed E-state index contributed by atoms with van der Waals surface area (Å²) in [6.07, 6.45) is 0. The molecule has 0 unspecified atom stereocenters. The zero-order valence-corrected chi connectivity index (χ0v) is 10.3. The number of benzene rings is 1. The maximum absolute atomic E-state index is 6.00. The summed E-state index contributed by atoms with van der Waals surface area (Å²) in [5, 5.41) is 0. The molecule has 2 rings (SSSR count). The molecule has 1 aromatic rings. The Labute approximate surface area is 96.5 Å². The van der Waals surface area contributed by atoms with Gasteiger partial charge in [0.2, 0.25) is 0 Å². The minimum Gasteiger partial charge on any atom is -0.480 e. The van der Waals surface area contributed by atoms with Crippen molar-refractivity contribution < 1.29 is 9.47 Å². The Hall–Kier alpha value is -1.22. The zero-order chi connectivity index (χ0) is 12.0. The van der Waals surface area contributed by atoms with E-state index in [0.717, 1.165) is 17.1 Å². The van der Waals surface area contributed by atoms with Gasteiger partial charge in [-0.2, -0.15) is 0 Å². The molecule has 0 amide bonds. The third-order valence-electron chi connectivity index (χ3n) is 3.42. The molecular formula is C13H19NO2. The number of hydrogen-bond acceptors (Lipinski definition) is 3. The number of ether oxygens (including phenoxy) is 2. The summed E-state index contributed by atoms with van der Waals surface area (Å²) in [6, 6.07) is 5.84. The van der Waals surface area contributed by atoms with Crippen LogP contribution in [0.15, 0.2) is 18.2 Å². The van der Waals surface area contributed by atoms with Crippen LogP contribution in [0.2, 0.25) is 0 Å². The average Bonchev–Trinajstić information content (AvgIpc) is 2.18. The largest absolute Gasteiger partial charge is 0.480 e. The van der Waals surface area contributed by atoms with Crippen molar-refractivity contribution >= 4 is 0 Å². The van der Waals surface area contributed by atoms with E-state index in [1.165, 1.54) is 0 Å². The Balaban J connectivity index is 2.43. The van der Waals surface area contributed by atoms with Gasteiger partial charge in [0.1, 0.15) is 11.2 Å². The summed E-state index contributed by atoms with van der Waals surface area (Å²) in [5.74, 6) is 1.58. The molecule has 0 saturated heterocycles. The predicted octanol–water partition coefficient (Wildman–Crippen LogP) is 2.47. The lowest BCUT2D eigenvalue weighted by Gasteiger charge is -2.45. The molecule has 0 atom stereocenters. The van der Waals surface area contributed by atoms with Crippen LogP contribution in [-0.2, 0) is 6.54 Å².